The van der Waals surface area contributed by atoms with E-state index in [-0.39, 0.29) is 0 Å². The number of hydrogen-bond acceptors (Lipinski definition) is 0. The van der Waals surface area contributed by atoms with Gasteiger partial charge in [-0.1, -0.05) is 69.4 Å². The molecule has 0 aliphatic heterocycles. The van der Waals surface area contributed by atoms with Crippen molar-refractivity contribution >= 4 is 43.5 Å². The maximum atomic E-state index is 5.92. The third-order valence-electron chi connectivity index (χ3n) is 2.90. The first-order chi connectivity index (χ1) is 8.01. The smallest absolute Gasteiger partial charge is 0.0406 e. The van der Waals surface area contributed by atoms with Crippen LogP contribution in [0.4, 0.5) is 0 Å². The minimum atomic E-state index is 0.294. The molecule has 1 aromatic carbocycles. The third kappa shape index (κ3) is 4.92. The zero-order chi connectivity index (χ0) is 12.9. The van der Waals surface area contributed by atoms with E-state index in [0.717, 1.165) is 22.1 Å². The lowest BCUT2D eigenvalue weighted by molar-refractivity contribution is 0.304. The van der Waals surface area contributed by atoms with E-state index in [0.29, 0.717) is 11.3 Å². The number of rotatable bonds is 6. The summed E-state index contributed by atoms with van der Waals surface area (Å²) in [6.07, 6.45) is 2.30. The van der Waals surface area contributed by atoms with Crippen molar-refractivity contribution in [2.75, 3.05) is 10.7 Å². The number of halogens is 3. The van der Waals surface area contributed by atoms with E-state index in [1.165, 1.54) is 12.0 Å². The molecule has 0 fully saturated rings. The predicted molar refractivity (Wildman–Crippen MR) is 84.6 cm³/mol. The lowest BCUT2D eigenvalue weighted by atomic mass is 9.79. The minimum Gasteiger partial charge on any atom is -0.0922 e. The van der Waals surface area contributed by atoms with Crippen LogP contribution in [0, 0.1) is 11.3 Å². The van der Waals surface area contributed by atoms with Gasteiger partial charge in [-0.25, -0.2) is 0 Å². The van der Waals surface area contributed by atoms with Gasteiger partial charge in [0, 0.05) is 15.7 Å². The number of alkyl halides is 2. The van der Waals surface area contributed by atoms with Crippen LogP contribution in [-0.4, -0.2) is 10.7 Å². The lowest BCUT2D eigenvalue weighted by Crippen LogP contribution is -2.29. The van der Waals surface area contributed by atoms with Crippen LogP contribution in [0.1, 0.15) is 25.8 Å². The fraction of sp³-hybridized carbons (Fsp3) is 0.571. The van der Waals surface area contributed by atoms with Gasteiger partial charge in [-0.15, -0.1) is 0 Å². The van der Waals surface area contributed by atoms with E-state index >= 15 is 0 Å². The summed E-state index contributed by atoms with van der Waals surface area (Å²) in [6, 6.07) is 8.20. The Morgan fingerprint density at radius 2 is 1.65 bits per heavy atom. The molecule has 0 amide bonds. The van der Waals surface area contributed by atoms with Crippen molar-refractivity contribution in [3.05, 3.63) is 34.9 Å². The first-order valence-electron chi connectivity index (χ1n) is 5.88. The third-order valence-corrected chi connectivity index (χ3v) is 5.53. The van der Waals surface area contributed by atoms with Crippen molar-refractivity contribution in [2.24, 2.45) is 11.3 Å². The van der Waals surface area contributed by atoms with Crippen LogP contribution in [0.2, 0.25) is 5.02 Å². The molecule has 0 unspecified atom stereocenters. The van der Waals surface area contributed by atoms with Gasteiger partial charge in [-0.2, -0.15) is 0 Å². The summed E-state index contributed by atoms with van der Waals surface area (Å²) >= 11 is 13.3. The topological polar surface area (TPSA) is 0 Å². The van der Waals surface area contributed by atoms with Crippen molar-refractivity contribution in [1.29, 1.82) is 0 Å². The molecular weight excluding hydrogens is 363 g/mol. The highest BCUT2D eigenvalue weighted by Crippen LogP contribution is 2.35. The Bertz CT molecular complexity index is 329. The van der Waals surface area contributed by atoms with Gasteiger partial charge in [-0.05, 0) is 41.9 Å². The molecule has 0 bridgehead atoms. The van der Waals surface area contributed by atoms with Gasteiger partial charge in [0.05, 0.1) is 0 Å². The summed E-state index contributed by atoms with van der Waals surface area (Å²) in [5.41, 5.74) is 1.65. The number of benzene rings is 1. The molecule has 17 heavy (non-hydrogen) atoms. The molecule has 96 valence electrons. The van der Waals surface area contributed by atoms with Gasteiger partial charge < -0.3 is 0 Å². The van der Waals surface area contributed by atoms with E-state index in [1.54, 1.807) is 0 Å². The second-order valence-corrected chi connectivity index (χ2v) is 6.73. The second kappa shape index (κ2) is 7.16. The molecule has 0 spiro atoms. The molecule has 0 radical (unpaired) electrons. The van der Waals surface area contributed by atoms with Gasteiger partial charge >= 0.3 is 0 Å². The van der Waals surface area contributed by atoms with Crippen LogP contribution in [0.25, 0.3) is 0 Å². The predicted octanol–water partition coefficient (Wildman–Crippen LogP) is 5.70. The zero-order valence-corrected chi connectivity index (χ0v) is 14.3. The van der Waals surface area contributed by atoms with Crippen LogP contribution in [-0.2, 0) is 6.42 Å². The highest BCUT2D eigenvalue weighted by Gasteiger charge is 2.29. The van der Waals surface area contributed by atoms with E-state index in [1.807, 2.05) is 12.1 Å². The van der Waals surface area contributed by atoms with Crippen molar-refractivity contribution in [3.63, 3.8) is 0 Å². The molecule has 3 heteroatoms. The van der Waals surface area contributed by atoms with Gasteiger partial charge in [0.15, 0.2) is 0 Å². The quantitative estimate of drug-likeness (QED) is 0.553. The highest BCUT2D eigenvalue weighted by atomic mass is 79.9. The average Bonchev–Trinajstić information content (AvgIpc) is 2.30. The normalized spacial score (nSPS) is 12.1. The van der Waals surface area contributed by atoms with Gasteiger partial charge in [0.2, 0.25) is 0 Å². The molecule has 1 aromatic rings. The summed E-state index contributed by atoms with van der Waals surface area (Å²) in [5, 5.41) is 2.85. The molecular formula is C14H19Br2Cl. The average molecular weight is 383 g/mol. The largest absolute Gasteiger partial charge is 0.0922 e. The molecule has 0 saturated carbocycles. The first-order valence-corrected chi connectivity index (χ1v) is 8.50. The molecule has 1 rings (SSSR count). The second-order valence-electron chi connectivity index (χ2n) is 5.17. The van der Waals surface area contributed by atoms with Crippen molar-refractivity contribution < 1.29 is 0 Å². The molecule has 0 saturated heterocycles. The lowest BCUT2D eigenvalue weighted by Gasteiger charge is -2.32. The maximum absolute atomic E-state index is 5.92. The summed E-state index contributed by atoms with van der Waals surface area (Å²) < 4.78 is 0. The van der Waals surface area contributed by atoms with Crippen LogP contribution < -0.4 is 0 Å². The Hall–Kier alpha value is 0.470. The minimum absolute atomic E-state index is 0.294. The molecule has 0 aliphatic rings. The highest BCUT2D eigenvalue weighted by molar-refractivity contribution is 9.09. The Morgan fingerprint density at radius 3 is 2.06 bits per heavy atom. The van der Waals surface area contributed by atoms with Crippen LogP contribution in [0.3, 0.4) is 0 Å². The van der Waals surface area contributed by atoms with Gasteiger partial charge in [-0.3, -0.25) is 0 Å². The fourth-order valence-electron chi connectivity index (χ4n) is 2.21. The SMILES string of the molecule is CC(C)CC(CBr)(CBr)Cc1ccc(Cl)cc1. The molecule has 0 N–H and O–H groups in total. The van der Waals surface area contributed by atoms with E-state index < -0.39 is 0 Å². The van der Waals surface area contributed by atoms with Crippen LogP contribution in [0.5, 0.6) is 0 Å². The van der Waals surface area contributed by atoms with Crippen molar-refractivity contribution in [3.8, 4) is 0 Å². The standard InChI is InChI=1S/C14H19Br2Cl/c1-11(2)7-14(9-15,10-16)8-12-3-5-13(17)6-4-12/h3-6,11H,7-10H2,1-2H3. The first kappa shape index (κ1) is 15.5. The summed E-state index contributed by atoms with van der Waals surface area (Å²) in [7, 11) is 0. The summed E-state index contributed by atoms with van der Waals surface area (Å²) in [4.78, 5) is 0. The number of hydrogen-bond donors (Lipinski definition) is 0. The molecule has 0 aliphatic carbocycles. The van der Waals surface area contributed by atoms with Gasteiger partial charge in [0.25, 0.3) is 0 Å². The summed E-state index contributed by atoms with van der Waals surface area (Å²) in [5.74, 6) is 0.706. The molecule has 0 nitrogen and oxygen atoms in total. The fourth-order valence-corrected chi connectivity index (χ4v) is 4.12. The molecule has 0 aromatic heterocycles. The summed E-state index contributed by atoms with van der Waals surface area (Å²) in [6.45, 7) is 4.56. The van der Waals surface area contributed by atoms with E-state index in [4.69, 9.17) is 11.6 Å². The van der Waals surface area contributed by atoms with Crippen molar-refractivity contribution in [2.45, 2.75) is 26.7 Å². The van der Waals surface area contributed by atoms with Crippen LogP contribution in [0.15, 0.2) is 24.3 Å². The maximum Gasteiger partial charge on any atom is 0.0406 e. The Morgan fingerprint density at radius 1 is 1.12 bits per heavy atom. The molecule has 0 heterocycles. The molecule has 0 atom stereocenters. The van der Waals surface area contributed by atoms with E-state index in [2.05, 4.69) is 57.8 Å². The zero-order valence-electron chi connectivity index (χ0n) is 10.3. The van der Waals surface area contributed by atoms with Crippen molar-refractivity contribution in [1.82, 2.24) is 0 Å². The van der Waals surface area contributed by atoms with E-state index in [9.17, 15) is 0 Å². The Labute approximate surface area is 126 Å². The van der Waals surface area contributed by atoms with Crippen LogP contribution >= 0.6 is 43.5 Å². The monoisotopic (exact) mass is 380 g/mol. The Balaban J connectivity index is 2.82. The Kier molecular flexibility index (Phi) is 6.54. The van der Waals surface area contributed by atoms with Gasteiger partial charge in [0.1, 0.15) is 0 Å².